The van der Waals surface area contributed by atoms with Crippen molar-refractivity contribution in [2.24, 2.45) is 5.73 Å². The van der Waals surface area contributed by atoms with Crippen LogP contribution in [0.4, 0.5) is 0 Å². The third-order valence-corrected chi connectivity index (χ3v) is 2.69. The van der Waals surface area contributed by atoms with E-state index in [0.29, 0.717) is 6.42 Å². The molecule has 0 unspecified atom stereocenters. The SMILES string of the molecule is CCC(=O)c1ccccc1.NCCc1ccccc1. The molecule has 2 nitrogen and oxygen atoms in total. The van der Waals surface area contributed by atoms with Crippen LogP contribution in [0.5, 0.6) is 0 Å². The van der Waals surface area contributed by atoms with Crippen LogP contribution in [0.3, 0.4) is 0 Å². The second kappa shape index (κ2) is 9.06. The molecular weight excluding hydrogens is 234 g/mol. The van der Waals surface area contributed by atoms with Crippen LogP contribution in [0.15, 0.2) is 60.7 Å². The molecule has 100 valence electrons. The molecular formula is C17H21NO. The molecule has 0 saturated carbocycles. The van der Waals surface area contributed by atoms with Crippen molar-refractivity contribution < 1.29 is 4.79 Å². The molecule has 0 spiro atoms. The normalized spacial score (nSPS) is 9.37. The van der Waals surface area contributed by atoms with Crippen molar-refractivity contribution in [3.63, 3.8) is 0 Å². The Labute approximate surface area is 115 Å². The summed E-state index contributed by atoms with van der Waals surface area (Å²) in [6.07, 6.45) is 1.57. The third kappa shape index (κ3) is 5.98. The van der Waals surface area contributed by atoms with Gasteiger partial charge in [0.25, 0.3) is 0 Å². The molecule has 2 N–H and O–H groups in total. The molecule has 0 aliphatic carbocycles. The summed E-state index contributed by atoms with van der Waals surface area (Å²) in [5, 5.41) is 0. The largest absolute Gasteiger partial charge is 0.330 e. The van der Waals surface area contributed by atoms with E-state index in [2.05, 4.69) is 12.1 Å². The van der Waals surface area contributed by atoms with Crippen molar-refractivity contribution in [1.82, 2.24) is 0 Å². The molecule has 2 heteroatoms. The van der Waals surface area contributed by atoms with Crippen molar-refractivity contribution in [3.05, 3.63) is 71.8 Å². The van der Waals surface area contributed by atoms with Gasteiger partial charge in [0.05, 0.1) is 0 Å². The quantitative estimate of drug-likeness (QED) is 0.850. The Hall–Kier alpha value is -1.93. The molecule has 2 rings (SSSR count). The third-order valence-electron chi connectivity index (χ3n) is 2.69. The van der Waals surface area contributed by atoms with Crippen LogP contribution in [-0.2, 0) is 6.42 Å². The summed E-state index contributed by atoms with van der Waals surface area (Å²) in [5.74, 6) is 0.209. The Morgan fingerprint density at radius 3 is 1.95 bits per heavy atom. The predicted octanol–water partition coefficient (Wildman–Crippen LogP) is 3.47. The van der Waals surface area contributed by atoms with Crippen LogP contribution in [0.2, 0.25) is 0 Å². The van der Waals surface area contributed by atoms with Gasteiger partial charge in [0.2, 0.25) is 0 Å². The summed E-state index contributed by atoms with van der Waals surface area (Å²) in [7, 11) is 0. The second-order valence-corrected chi connectivity index (χ2v) is 4.17. The zero-order valence-electron chi connectivity index (χ0n) is 11.4. The van der Waals surface area contributed by atoms with E-state index in [1.165, 1.54) is 5.56 Å². The van der Waals surface area contributed by atoms with Gasteiger partial charge < -0.3 is 5.73 Å². The van der Waals surface area contributed by atoms with Crippen LogP contribution in [0, 0.1) is 0 Å². The predicted molar refractivity (Wildman–Crippen MR) is 80.3 cm³/mol. The lowest BCUT2D eigenvalue weighted by Crippen LogP contribution is -2.01. The summed E-state index contributed by atoms with van der Waals surface area (Å²) >= 11 is 0. The molecule has 19 heavy (non-hydrogen) atoms. The van der Waals surface area contributed by atoms with E-state index >= 15 is 0 Å². The standard InChI is InChI=1S/C9H10O.C8H11N/c1-2-9(10)8-6-4-3-5-7-8;9-7-6-8-4-2-1-3-5-8/h3-7H,2H2,1H3;1-5H,6-7,9H2. The smallest absolute Gasteiger partial charge is 0.162 e. The van der Waals surface area contributed by atoms with Crippen molar-refractivity contribution in [1.29, 1.82) is 0 Å². The Morgan fingerprint density at radius 1 is 0.947 bits per heavy atom. The van der Waals surface area contributed by atoms with Gasteiger partial charge >= 0.3 is 0 Å². The van der Waals surface area contributed by atoms with Gasteiger partial charge in [0.15, 0.2) is 5.78 Å². The average molecular weight is 255 g/mol. The molecule has 0 aliphatic rings. The molecule has 0 aromatic heterocycles. The van der Waals surface area contributed by atoms with E-state index < -0.39 is 0 Å². The van der Waals surface area contributed by atoms with Crippen molar-refractivity contribution in [3.8, 4) is 0 Å². The van der Waals surface area contributed by atoms with Crippen LogP contribution in [0.25, 0.3) is 0 Å². The van der Waals surface area contributed by atoms with Gasteiger partial charge in [0.1, 0.15) is 0 Å². The van der Waals surface area contributed by atoms with Crippen molar-refractivity contribution in [2.45, 2.75) is 19.8 Å². The minimum Gasteiger partial charge on any atom is -0.330 e. The lowest BCUT2D eigenvalue weighted by Gasteiger charge is -1.93. The fourth-order valence-corrected chi connectivity index (χ4v) is 1.64. The highest BCUT2D eigenvalue weighted by atomic mass is 16.1. The minimum absolute atomic E-state index is 0.209. The molecule has 0 saturated heterocycles. The number of carbonyl (C=O) groups is 1. The van der Waals surface area contributed by atoms with Gasteiger partial charge in [0, 0.05) is 12.0 Å². The number of Topliss-reactive ketones (excluding diaryl/α,β-unsaturated/α-hetero) is 1. The van der Waals surface area contributed by atoms with E-state index in [4.69, 9.17) is 5.73 Å². The molecule has 0 bridgehead atoms. The summed E-state index contributed by atoms with van der Waals surface area (Å²) in [5.41, 5.74) is 7.49. The first-order chi connectivity index (χ1) is 9.27. The molecule has 0 amide bonds. The van der Waals surface area contributed by atoms with Crippen LogP contribution in [0.1, 0.15) is 29.3 Å². The second-order valence-electron chi connectivity index (χ2n) is 4.17. The highest BCUT2D eigenvalue weighted by Gasteiger charge is 1.98. The molecule has 0 atom stereocenters. The van der Waals surface area contributed by atoms with Gasteiger partial charge in [-0.3, -0.25) is 4.79 Å². The fraction of sp³-hybridized carbons (Fsp3) is 0.235. The Morgan fingerprint density at radius 2 is 1.47 bits per heavy atom. The molecule has 0 aliphatic heterocycles. The van der Waals surface area contributed by atoms with E-state index in [0.717, 1.165) is 18.5 Å². The Bertz CT molecular complexity index is 465. The summed E-state index contributed by atoms with van der Waals surface area (Å²) < 4.78 is 0. The van der Waals surface area contributed by atoms with Crippen LogP contribution >= 0.6 is 0 Å². The van der Waals surface area contributed by atoms with Crippen molar-refractivity contribution in [2.75, 3.05) is 6.54 Å². The lowest BCUT2D eigenvalue weighted by molar-refractivity contribution is 0.0988. The van der Waals surface area contributed by atoms with Gasteiger partial charge in [-0.2, -0.15) is 0 Å². The monoisotopic (exact) mass is 255 g/mol. The molecule has 0 heterocycles. The molecule has 2 aromatic carbocycles. The van der Waals surface area contributed by atoms with Gasteiger partial charge in [-0.15, -0.1) is 0 Å². The van der Waals surface area contributed by atoms with E-state index in [9.17, 15) is 4.79 Å². The number of ketones is 1. The highest BCUT2D eigenvalue weighted by molar-refractivity contribution is 5.95. The lowest BCUT2D eigenvalue weighted by atomic mass is 10.1. The maximum atomic E-state index is 11.0. The first-order valence-corrected chi connectivity index (χ1v) is 6.60. The van der Waals surface area contributed by atoms with Gasteiger partial charge in [-0.1, -0.05) is 67.6 Å². The van der Waals surface area contributed by atoms with E-state index in [1.807, 2.05) is 55.5 Å². The molecule has 0 fully saturated rings. The topological polar surface area (TPSA) is 43.1 Å². The summed E-state index contributed by atoms with van der Waals surface area (Å²) in [6.45, 7) is 2.61. The maximum Gasteiger partial charge on any atom is 0.162 e. The first kappa shape index (κ1) is 15.1. The zero-order chi connectivity index (χ0) is 13.9. The maximum absolute atomic E-state index is 11.0. The van der Waals surface area contributed by atoms with E-state index in [1.54, 1.807) is 0 Å². The van der Waals surface area contributed by atoms with Crippen molar-refractivity contribution >= 4 is 5.78 Å². The molecule has 2 aromatic rings. The minimum atomic E-state index is 0.209. The van der Waals surface area contributed by atoms with Gasteiger partial charge in [-0.25, -0.2) is 0 Å². The zero-order valence-corrected chi connectivity index (χ0v) is 11.4. The number of carbonyl (C=O) groups excluding carboxylic acids is 1. The highest BCUT2D eigenvalue weighted by Crippen LogP contribution is 2.01. The summed E-state index contributed by atoms with van der Waals surface area (Å²) in [6, 6.07) is 19.6. The van der Waals surface area contributed by atoms with E-state index in [-0.39, 0.29) is 5.78 Å². The molecule has 0 radical (unpaired) electrons. The van der Waals surface area contributed by atoms with Gasteiger partial charge in [-0.05, 0) is 18.5 Å². The Balaban J connectivity index is 0.000000191. The average Bonchev–Trinajstić information content (AvgIpc) is 2.49. The van der Waals surface area contributed by atoms with Crippen LogP contribution in [-0.4, -0.2) is 12.3 Å². The number of hydrogen-bond donors (Lipinski definition) is 1. The number of hydrogen-bond acceptors (Lipinski definition) is 2. The summed E-state index contributed by atoms with van der Waals surface area (Å²) in [4.78, 5) is 11.0. The number of rotatable bonds is 4. The fourth-order valence-electron chi connectivity index (χ4n) is 1.64. The van der Waals surface area contributed by atoms with Crippen LogP contribution < -0.4 is 5.73 Å². The Kier molecular flexibility index (Phi) is 7.21. The number of benzene rings is 2. The number of nitrogens with two attached hydrogens (primary N) is 1. The first-order valence-electron chi connectivity index (χ1n) is 6.60.